The van der Waals surface area contributed by atoms with Gasteiger partial charge < -0.3 is 15.4 Å². The number of carbonyl (C=O) groups excluding carboxylic acids is 2. The molecule has 0 saturated heterocycles. The van der Waals surface area contributed by atoms with Crippen molar-refractivity contribution in [2.24, 2.45) is 0 Å². The van der Waals surface area contributed by atoms with Crippen molar-refractivity contribution < 1.29 is 14.3 Å². The predicted octanol–water partition coefficient (Wildman–Crippen LogP) is 3.17. The van der Waals surface area contributed by atoms with E-state index in [0.717, 1.165) is 5.56 Å². The molecule has 0 aliphatic heterocycles. The normalized spacial score (nSPS) is 10.1. The fraction of sp³-hybridized carbons (Fsp3) is 0.222. The van der Waals surface area contributed by atoms with Crippen LogP contribution in [0.3, 0.4) is 0 Å². The molecule has 0 atom stereocenters. The van der Waals surface area contributed by atoms with Gasteiger partial charge in [0.25, 0.3) is 0 Å². The highest BCUT2D eigenvalue weighted by molar-refractivity contribution is 6.30. The summed E-state index contributed by atoms with van der Waals surface area (Å²) in [6.07, 6.45) is 0.183. The molecule has 2 aromatic carbocycles. The highest BCUT2D eigenvalue weighted by Gasteiger charge is 2.08. The maximum atomic E-state index is 11.9. The predicted molar refractivity (Wildman–Crippen MR) is 94.4 cm³/mol. The summed E-state index contributed by atoms with van der Waals surface area (Å²) < 4.78 is 5.43. The zero-order valence-electron chi connectivity index (χ0n) is 13.3. The first kappa shape index (κ1) is 17.8. The van der Waals surface area contributed by atoms with Crippen LogP contribution in [0.2, 0.25) is 5.02 Å². The van der Waals surface area contributed by atoms with Gasteiger partial charge in [0.15, 0.2) is 0 Å². The van der Waals surface area contributed by atoms with Crippen LogP contribution in [0.4, 0.5) is 5.69 Å². The van der Waals surface area contributed by atoms with Gasteiger partial charge >= 0.3 is 0 Å². The molecule has 6 heteroatoms. The van der Waals surface area contributed by atoms with Crippen LogP contribution in [0.15, 0.2) is 48.5 Å². The molecule has 0 saturated carbocycles. The lowest BCUT2D eigenvalue weighted by Crippen LogP contribution is -2.33. The molecular formula is C18H19ClN2O3. The van der Waals surface area contributed by atoms with Crippen molar-refractivity contribution in [2.45, 2.75) is 13.3 Å². The van der Waals surface area contributed by atoms with Crippen LogP contribution >= 0.6 is 11.6 Å². The van der Waals surface area contributed by atoms with Crippen molar-refractivity contribution in [3.63, 3.8) is 0 Å². The second-order valence-electron chi connectivity index (χ2n) is 5.20. The summed E-state index contributed by atoms with van der Waals surface area (Å²) in [4.78, 5) is 23.6. The third-order valence-electron chi connectivity index (χ3n) is 3.25. The molecule has 0 aromatic heterocycles. The first-order valence-corrected chi connectivity index (χ1v) is 7.93. The number of benzene rings is 2. The topological polar surface area (TPSA) is 67.4 Å². The van der Waals surface area contributed by atoms with E-state index >= 15 is 0 Å². The zero-order valence-corrected chi connectivity index (χ0v) is 14.1. The third-order valence-corrected chi connectivity index (χ3v) is 3.48. The molecule has 0 spiro atoms. The van der Waals surface area contributed by atoms with Gasteiger partial charge in [0.05, 0.1) is 19.6 Å². The molecule has 0 aliphatic rings. The van der Waals surface area contributed by atoms with Gasteiger partial charge in [-0.25, -0.2) is 0 Å². The molecule has 2 rings (SSSR count). The average Bonchev–Trinajstić information content (AvgIpc) is 2.56. The van der Waals surface area contributed by atoms with Crippen LogP contribution in [0.1, 0.15) is 12.0 Å². The van der Waals surface area contributed by atoms with Crippen molar-refractivity contribution in [2.75, 3.05) is 18.5 Å². The van der Waals surface area contributed by atoms with E-state index < -0.39 is 0 Å². The Morgan fingerprint density at radius 3 is 2.54 bits per heavy atom. The van der Waals surface area contributed by atoms with E-state index in [0.29, 0.717) is 16.5 Å². The van der Waals surface area contributed by atoms with Crippen molar-refractivity contribution in [3.05, 3.63) is 59.1 Å². The Labute approximate surface area is 146 Å². The van der Waals surface area contributed by atoms with Gasteiger partial charge in [0.2, 0.25) is 11.8 Å². The van der Waals surface area contributed by atoms with Crippen LogP contribution < -0.4 is 15.4 Å². The number of nitrogens with one attached hydrogen (secondary N) is 2. The van der Waals surface area contributed by atoms with Gasteiger partial charge in [-0.1, -0.05) is 29.8 Å². The number of rotatable bonds is 7. The molecule has 0 heterocycles. The molecular weight excluding hydrogens is 328 g/mol. The molecule has 5 nitrogen and oxygen atoms in total. The number of halogens is 1. The van der Waals surface area contributed by atoms with E-state index in [4.69, 9.17) is 16.3 Å². The smallest absolute Gasteiger partial charge is 0.243 e. The molecule has 24 heavy (non-hydrogen) atoms. The molecule has 2 N–H and O–H groups in total. The van der Waals surface area contributed by atoms with Crippen LogP contribution in [-0.4, -0.2) is 25.0 Å². The van der Waals surface area contributed by atoms with Gasteiger partial charge in [0, 0.05) is 10.7 Å². The van der Waals surface area contributed by atoms with Crippen molar-refractivity contribution in [3.8, 4) is 5.75 Å². The van der Waals surface area contributed by atoms with E-state index in [-0.39, 0.29) is 31.4 Å². The highest BCUT2D eigenvalue weighted by atomic mass is 35.5. The van der Waals surface area contributed by atoms with E-state index in [1.54, 1.807) is 18.2 Å². The quantitative estimate of drug-likeness (QED) is 0.809. The fourth-order valence-electron chi connectivity index (χ4n) is 2.01. The van der Waals surface area contributed by atoms with Gasteiger partial charge in [-0.2, -0.15) is 0 Å². The Bertz CT molecular complexity index is 705. The molecule has 0 unspecified atom stereocenters. The number of hydrogen-bond acceptors (Lipinski definition) is 3. The molecule has 2 aromatic rings. The molecule has 0 fully saturated rings. The number of ether oxygens (including phenoxy) is 1. The van der Waals surface area contributed by atoms with E-state index in [9.17, 15) is 9.59 Å². The SMILES string of the molecule is Cc1cc(Cl)ccc1NC(=O)CNC(=O)CCOc1ccccc1. The van der Waals surface area contributed by atoms with Crippen LogP contribution in [0, 0.1) is 6.92 Å². The Hall–Kier alpha value is -2.53. The second-order valence-corrected chi connectivity index (χ2v) is 5.63. The number of anilines is 1. The monoisotopic (exact) mass is 346 g/mol. The number of para-hydroxylation sites is 1. The van der Waals surface area contributed by atoms with Gasteiger partial charge in [-0.05, 0) is 42.8 Å². The lowest BCUT2D eigenvalue weighted by atomic mass is 10.2. The standard InChI is InChI=1S/C18H19ClN2O3/c1-13-11-14(19)7-8-16(13)21-18(23)12-20-17(22)9-10-24-15-5-3-2-4-6-15/h2-8,11H,9-10,12H2,1H3,(H,20,22)(H,21,23). The minimum atomic E-state index is -0.294. The third kappa shape index (κ3) is 5.93. The van der Waals surface area contributed by atoms with Gasteiger partial charge in [-0.15, -0.1) is 0 Å². The maximum Gasteiger partial charge on any atom is 0.243 e. The largest absolute Gasteiger partial charge is 0.493 e. The molecule has 0 aliphatic carbocycles. The lowest BCUT2D eigenvalue weighted by molar-refractivity contribution is -0.124. The van der Waals surface area contributed by atoms with Gasteiger partial charge in [0.1, 0.15) is 5.75 Å². The maximum absolute atomic E-state index is 11.9. The van der Waals surface area contributed by atoms with Crippen molar-refractivity contribution in [1.29, 1.82) is 0 Å². The molecule has 0 bridgehead atoms. The Kier molecular flexibility index (Phi) is 6.63. The second kappa shape index (κ2) is 8.93. The van der Waals surface area contributed by atoms with Crippen LogP contribution in [-0.2, 0) is 9.59 Å². The zero-order chi connectivity index (χ0) is 17.4. The first-order chi connectivity index (χ1) is 11.5. The minimum absolute atomic E-state index is 0.0910. The summed E-state index contributed by atoms with van der Waals surface area (Å²) in [7, 11) is 0. The number of carbonyl (C=O) groups is 2. The summed E-state index contributed by atoms with van der Waals surface area (Å²) in [5.41, 5.74) is 1.53. The molecule has 126 valence electrons. The fourth-order valence-corrected chi connectivity index (χ4v) is 2.23. The summed E-state index contributed by atoms with van der Waals surface area (Å²) in [6.45, 7) is 2.01. The first-order valence-electron chi connectivity index (χ1n) is 7.55. The lowest BCUT2D eigenvalue weighted by Gasteiger charge is -2.10. The number of hydrogen-bond donors (Lipinski definition) is 2. The number of amides is 2. The summed E-state index contributed by atoms with van der Waals surface area (Å²) in [5.74, 6) is 0.174. The van der Waals surface area contributed by atoms with Crippen LogP contribution in [0.5, 0.6) is 5.75 Å². The Morgan fingerprint density at radius 1 is 1.08 bits per heavy atom. The summed E-state index contributed by atoms with van der Waals surface area (Å²) in [5, 5.41) is 5.90. The minimum Gasteiger partial charge on any atom is -0.493 e. The Balaban J connectivity index is 1.68. The van der Waals surface area contributed by atoms with E-state index in [1.165, 1.54) is 0 Å². The molecule has 2 amide bonds. The Morgan fingerprint density at radius 2 is 1.83 bits per heavy atom. The average molecular weight is 347 g/mol. The van der Waals surface area contributed by atoms with Gasteiger partial charge in [-0.3, -0.25) is 9.59 Å². The number of aryl methyl sites for hydroxylation is 1. The molecule has 0 radical (unpaired) electrons. The van der Waals surface area contributed by atoms with Crippen molar-refractivity contribution in [1.82, 2.24) is 5.32 Å². The summed E-state index contributed by atoms with van der Waals surface area (Å²) in [6, 6.07) is 14.4. The van der Waals surface area contributed by atoms with Crippen LogP contribution in [0.25, 0.3) is 0 Å². The highest BCUT2D eigenvalue weighted by Crippen LogP contribution is 2.19. The van der Waals surface area contributed by atoms with E-state index in [2.05, 4.69) is 10.6 Å². The van der Waals surface area contributed by atoms with Crippen molar-refractivity contribution >= 4 is 29.1 Å². The summed E-state index contributed by atoms with van der Waals surface area (Å²) >= 11 is 5.87. The van der Waals surface area contributed by atoms with E-state index in [1.807, 2.05) is 37.3 Å².